The van der Waals surface area contributed by atoms with Gasteiger partial charge in [0, 0.05) is 0 Å². The van der Waals surface area contributed by atoms with Crippen LogP contribution in [-0.2, 0) is 15.2 Å². The lowest BCUT2D eigenvalue weighted by Crippen LogP contribution is -2.43. The van der Waals surface area contributed by atoms with Gasteiger partial charge in [-0.05, 0) is 35.7 Å². The summed E-state index contributed by atoms with van der Waals surface area (Å²) in [6, 6.07) is 25.5. The van der Waals surface area contributed by atoms with E-state index >= 15 is 0 Å². The van der Waals surface area contributed by atoms with E-state index in [1.165, 1.54) is 12.1 Å². The topological polar surface area (TPSA) is 102 Å². The number of amides is 2. The molecular formula is C24H21N3O3. The molecule has 0 saturated carbocycles. The van der Waals surface area contributed by atoms with Crippen molar-refractivity contribution in [3.63, 3.8) is 0 Å². The second-order valence-electron chi connectivity index (χ2n) is 7.01. The highest BCUT2D eigenvalue weighted by Crippen LogP contribution is 2.24. The van der Waals surface area contributed by atoms with Crippen LogP contribution in [0.5, 0.6) is 0 Å². The van der Waals surface area contributed by atoms with Crippen LogP contribution in [0.15, 0.2) is 78.9 Å². The Labute approximate surface area is 174 Å². The molecule has 1 unspecified atom stereocenters. The number of carbonyl (C=O) groups excluding carboxylic acids is 2. The fourth-order valence-electron chi connectivity index (χ4n) is 2.96. The molecule has 150 valence electrons. The predicted molar refractivity (Wildman–Crippen MR) is 114 cm³/mol. The maximum atomic E-state index is 12.1. The average Bonchev–Trinajstić information content (AvgIpc) is 2.78. The van der Waals surface area contributed by atoms with E-state index in [-0.39, 0.29) is 17.8 Å². The van der Waals surface area contributed by atoms with Crippen LogP contribution in [0.4, 0.5) is 5.69 Å². The van der Waals surface area contributed by atoms with Gasteiger partial charge in [0.25, 0.3) is 0 Å². The van der Waals surface area contributed by atoms with Gasteiger partial charge < -0.3 is 15.7 Å². The third-order valence-corrected chi connectivity index (χ3v) is 4.71. The van der Waals surface area contributed by atoms with Crippen LogP contribution in [0.25, 0.3) is 11.1 Å². The van der Waals surface area contributed by atoms with E-state index in [0.717, 1.165) is 11.1 Å². The van der Waals surface area contributed by atoms with Gasteiger partial charge in [-0.25, -0.2) is 0 Å². The molecule has 0 saturated heterocycles. The molecule has 0 aromatic heterocycles. The molecule has 6 nitrogen and oxygen atoms in total. The van der Waals surface area contributed by atoms with Gasteiger partial charge in [-0.2, -0.15) is 5.26 Å². The third-order valence-electron chi connectivity index (χ3n) is 4.71. The Hall–Kier alpha value is -3.95. The van der Waals surface area contributed by atoms with Crippen molar-refractivity contribution in [2.75, 3.05) is 11.9 Å². The van der Waals surface area contributed by atoms with Gasteiger partial charge in [0.05, 0.1) is 17.8 Å². The first-order valence-corrected chi connectivity index (χ1v) is 9.37. The molecule has 30 heavy (non-hydrogen) atoms. The number of anilines is 1. The van der Waals surface area contributed by atoms with Gasteiger partial charge in [-0.1, -0.05) is 66.7 Å². The number of hydrogen-bond acceptors (Lipinski definition) is 4. The number of para-hydroxylation sites is 1. The number of nitrogens with one attached hydrogen (secondary N) is 2. The van der Waals surface area contributed by atoms with E-state index in [4.69, 9.17) is 5.26 Å². The van der Waals surface area contributed by atoms with E-state index in [9.17, 15) is 14.7 Å². The molecule has 0 fully saturated rings. The van der Waals surface area contributed by atoms with Crippen molar-refractivity contribution in [2.45, 2.75) is 12.5 Å². The summed E-state index contributed by atoms with van der Waals surface area (Å²) >= 11 is 0. The highest BCUT2D eigenvalue weighted by atomic mass is 16.3. The van der Waals surface area contributed by atoms with Crippen molar-refractivity contribution >= 4 is 17.5 Å². The molecular weight excluding hydrogens is 378 g/mol. The number of nitrogens with zero attached hydrogens (tertiary/aromatic N) is 1. The maximum absolute atomic E-state index is 12.1. The van der Waals surface area contributed by atoms with Crippen LogP contribution in [-0.4, -0.2) is 23.5 Å². The Kier molecular flexibility index (Phi) is 6.26. The van der Waals surface area contributed by atoms with E-state index in [0.29, 0.717) is 5.56 Å². The number of aliphatic hydroxyl groups is 1. The summed E-state index contributed by atoms with van der Waals surface area (Å²) in [5.41, 5.74) is 1.82. The summed E-state index contributed by atoms with van der Waals surface area (Å²) in [7, 11) is 0. The summed E-state index contributed by atoms with van der Waals surface area (Å²) in [6.07, 6.45) is 0. The van der Waals surface area contributed by atoms with Crippen molar-refractivity contribution in [3.8, 4) is 17.2 Å². The number of hydrogen-bond donors (Lipinski definition) is 3. The summed E-state index contributed by atoms with van der Waals surface area (Å²) in [5, 5.41) is 24.7. The average molecular weight is 399 g/mol. The second kappa shape index (κ2) is 9.03. The second-order valence-corrected chi connectivity index (χ2v) is 7.01. The summed E-state index contributed by atoms with van der Waals surface area (Å²) in [6.45, 7) is 1.41. The SMILES string of the molecule is CC(O)(CNC(=O)C(=O)Nc1ccccc1C#N)c1ccc(-c2ccccc2)cc1. The number of benzene rings is 3. The maximum Gasteiger partial charge on any atom is 0.313 e. The predicted octanol–water partition coefficient (Wildman–Crippen LogP) is 3.19. The first-order chi connectivity index (χ1) is 14.4. The van der Waals surface area contributed by atoms with Crippen molar-refractivity contribution in [1.29, 1.82) is 5.26 Å². The molecule has 3 rings (SSSR count). The molecule has 0 spiro atoms. The number of carbonyl (C=O) groups is 2. The lowest BCUT2D eigenvalue weighted by atomic mass is 9.93. The van der Waals surface area contributed by atoms with Crippen LogP contribution >= 0.6 is 0 Å². The van der Waals surface area contributed by atoms with Gasteiger partial charge in [0.15, 0.2) is 0 Å². The quantitative estimate of drug-likeness (QED) is 0.574. The molecule has 3 aromatic rings. The van der Waals surface area contributed by atoms with Gasteiger partial charge in [0.2, 0.25) is 0 Å². The molecule has 1 atom stereocenters. The standard InChI is InChI=1S/C24H21N3O3/c1-24(30,20-13-11-18(12-14-20)17-7-3-2-4-8-17)16-26-22(28)23(29)27-21-10-6-5-9-19(21)15-25/h2-14,30H,16H2,1H3,(H,26,28)(H,27,29). The molecule has 0 bridgehead atoms. The van der Waals surface area contributed by atoms with Gasteiger partial charge >= 0.3 is 11.8 Å². The van der Waals surface area contributed by atoms with Crippen molar-refractivity contribution in [1.82, 2.24) is 5.32 Å². The van der Waals surface area contributed by atoms with E-state index < -0.39 is 17.4 Å². The zero-order valence-electron chi connectivity index (χ0n) is 16.4. The first-order valence-electron chi connectivity index (χ1n) is 9.37. The molecule has 2 amide bonds. The van der Waals surface area contributed by atoms with Crippen molar-refractivity contribution < 1.29 is 14.7 Å². The van der Waals surface area contributed by atoms with Crippen LogP contribution in [0.2, 0.25) is 0 Å². The summed E-state index contributed by atoms with van der Waals surface area (Å²) in [4.78, 5) is 24.3. The lowest BCUT2D eigenvalue weighted by Gasteiger charge is -2.24. The van der Waals surface area contributed by atoms with Gasteiger partial charge in [-0.3, -0.25) is 9.59 Å². The highest BCUT2D eigenvalue weighted by Gasteiger charge is 2.25. The zero-order valence-corrected chi connectivity index (χ0v) is 16.4. The largest absolute Gasteiger partial charge is 0.384 e. The highest BCUT2D eigenvalue weighted by molar-refractivity contribution is 6.39. The zero-order chi connectivity index (χ0) is 21.6. The Bertz CT molecular complexity index is 1080. The fourth-order valence-corrected chi connectivity index (χ4v) is 2.96. The van der Waals surface area contributed by atoms with Crippen LogP contribution < -0.4 is 10.6 Å². The van der Waals surface area contributed by atoms with Gasteiger partial charge in [-0.15, -0.1) is 0 Å². The molecule has 0 aliphatic carbocycles. The minimum atomic E-state index is -1.37. The molecule has 0 aliphatic rings. The van der Waals surface area contributed by atoms with Crippen LogP contribution in [0.1, 0.15) is 18.1 Å². The number of rotatable bonds is 5. The molecule has 3 aromatic carbocycles. The van der Waals surface area contributed by atoms with E-state index in [1.807, 2.05) is 48.5 Å². The van der Waals surface area contributed by atoms with Crippen molar-refractivity contribution in [2.24, 2.45) is 0 Å². The third kappa shape index (κ3) is 4.90. The van der Waals surface area contributed by atoms with Crippen molar-refractivity contribution in [3.05, 3.63) is 90.0 Å². The fraction of sp³-hybridized carbons (Fsp3) is 0.125. The Morgan fingerprint density at radius 2 is 1.50 bits per heavy atom. The molecule has 0 heterocycles. The Balaban J connectivity index is 1.62. The minimum absolute atomic E-state index is 0.149. The smallest absolute Gasteiger partial charge is 0.313 e. The van der Waals surface area contributed by atoms with Crippen LogP contribution in [0.3, 0.4) is 0 Å². The Morgan fingerprint density at radius 3 is 2.17 bits per heavy atom. The minimum Gasteiger partial charge on any atom is -0.384 e. The monoisotopic (exact) mass is 399 g/mol. The Morgan fingerprint density at radius 1 is 0.900 bits per heavy atom. The molecule has 3 N–H and O–H groups in total. The van der Waals surface area contributed by atoms with E-state index in [1.54, 1.807) is 31.2 Å². The van der Waals surface area contributed by atoms with E-state index in [2.05, 4.69) is 10.6 Å². The summed E-state index contributed by atoms with van der Waals surface area (Å²) < 4.78 is 0. The molecule has 0 radical (unpaired) electrons. The molecule has 6 heteroatoms. The molecule has 0 aliphatic heterocycles. The summed E-state index contributed by atoms with van der Waals surface area (Å²) in [5.74, 6) is -1.81. The van der Waals surface area contributed by atoms with Gasteiger partial charge in [0.1, 0.15) is 11.7 Å². The lowest BCUT2D eigenvalue weighted by molar-refractivity contribution is -0.136. The normalized spacial score (nSPS) is 12.3. The first kappa shape index (κ1) is 20.8. The number of nitriles is 1. The van der Waals surface area contributed by atoms with Crippen LogP contribution in [0, 0.1) is 11.3 Å².